The number of rotatable bonds is 5. The molecule has 0 aliphatic heterocycles. The zero-order valence-corrected chi connectivity index (χ0v) is 13.2. The van der Waals surface area contributed by atoms with Crippen molar-refractivity contribution in [2.24, 2.45) is 5.73 Å². The van der Waals surface area contributed by atoms with Gasteiger partial charge in [-0.15, -0.1) is 0 Å². The molecule has 3 nitrogen and oxygen atoms in total. The number of hydrogen-bond acceptors (Lipinski definition) is 2. The van der Waals surface area contributed by atoms with Crippen LogP contribution in [0.1, 0.15) is 36.8 Å². The van der Waals surface area contributed by atoms with Crippen LogP contribution in [-0.2, 0) is 19.4 Å². The molecule has 1 aromatic heterocycles. The maximum atomic E-state index is 6.33. The van der Waals surface area contributed by atoms with Gasteiger partial charge in [-0.25, -0.2) is 0 Å². The molecular formula is C15H19Cl2N3. The van der Waals surface area contributed by atoms with E-state index >= 15 is 0 Å². The van der Waals surface area contributed by atoms with Crippen molar-refractivity contribution in [3.8, 4) is 0 Å². The maximum absolute atomic E-state index is 6.33. The molecule has 2 aromatic rings. The predicted octanol–water partition coefficient (Wildman–Crippen LogP) is 4.01. The van der Waals surface area contributed by atoms with Gasteiger partial charge in [0, 0.05) is 6.54 Å². The molecule has 0 aliphatic carbocycles. The van der Waals surface area contributed by atoms with Crippen LogP contribution < -0.4 is 5.73 Å². The van der Waals surface area contributed by atoms with Gasteiger partial charge in [-0.05, 0) is 37.5 Å². The van der Waals surface area contributed by atoms with Gasteiger partial charge in [-0.2, -0.15) is 5.10 Å². The average molecular weight is 312 g/mol. The number of hydrogen-bond donors (Lipinski definition) is 1. The lowest BCUT2D eigenvalue weighted by molar-refractivity contribution is 0.565. The zero-order chi connectivity index (χ0) is 14.7. The summed E-state index contributed by atoms with van der Waals surface area (Å²) in [5, 5.41) is 5.68. The van der Waals surface area contributed by atoms with E-state index in [0.717, 1.165) is 29.9 Å². The fourth-order valence-electron chi connectivity index (χ4n) is 2.26. The molecule has 0 amide bonds. The van der Waals surface area contributed by atoms with Crippen LogP contribution in [-0.4, -0.2) is 9.78 Å². The monoisotopic (exact) mass is 311 g/mol. The minimum Gasteiger partial charge on any atom is -0.322 e. The molecule has 0 radical (unpaired) electrons. The first-order chi connectivity index (χ1) is 9.56. The van der Waals surface area contributed by atoms with Crippen LogP contribution in [0.3, 0.4) is 0 Å². The summed E-state index contributed by atoms with van der Waals surface area (Å²) < 4.78 is 1.96. The highest BCUT2D eigenvalue weighted by Crippen LogP contribution is 2.28. The average Bonchev–Trinajstić information content (AvgIpc) is 2.87. The fraction of sp³-hybridized carbons (Fsp3) is 0.400. The lowest BCUT2D eigenvalue weighted by Gasteiger charge is -2.14. The van der Waals surface area contributed by atoms with E-state index in [-0.39, 0.29) is 6.04 Å². The van der Waals surface area contributed by atoms with E-state index in [1.165, 1.54) is 0 Å². The highest BCUT2D eigenvalue weighted by atomic mass is 35.5. The number of halogens is 2. The molecule has 0 saturated heterocycles. The molecular weight excluding hydrogens is 293 g/mol. The predicted molar refractivity (Wildman–Crippen MR) is 84.4 cm³/mol. The third kappa shape index (κ3) is 3.17. The molecule has 20 heavy (non-hydrogen) atoms. The SMILES string of the molecule is CCc1cc(C(N)Cc2cccc(Cl)c2Cl)n(CC)n1. The largest absolute Gasteiger partial charge is 0.322 e. The number of benzene rings is 1. The Bertz CT molecular complexity index is 593. The molecule has 1 atom stereocenters. The van der Waals surface area contributed by atoms with E-state index in [1.54, 1.807) is 6.07 Å². The standard InChI is InChI=1S/C15H19Cl2N3/c1-3-11-9-14(20(4-2)19-11)13(18)8-10-6-5-7-12(16)15(10)17/h5-7,9,13H,3-4,8,18H2,1-2H3. The summed E-state index contributed by atoms with van der Waals surface area (Å²) in [5.74, 6) is 0. The zero-order valence-electron chi connectivity index (χ0n) is 11.7. The normalized spacial score (nSPS) is 12.7. The highest BCUT2D eigenvalue weighted by Gasteiger charge is 2.16. The second-order valence-electron chi connectivity index (χ2n) is 4.75. The minimum atomic E-state index is -0.140. The molecule has 2 N–H and O–H groups in total. The van der Waals surface area contributed by atoms with E-state index in [9.17, 15) is 0 Å². The Labute approximate surface area is 129 Å². The highest BCUT2D eigenvalue weighted by molar-refractivity contribution is 6.42. The third-order valence-electron chi connectivity index (χ3n) is 3.37. The van der Waals surface area contributed by atoms with E-state index in [1.807, 2.05) is 16.8 Å². The maximum Gasteiger partial charge on any atom is 0.0625 e. The third-order valence-corrected chi connectivity index (χ3v) is 4.23. The molecule has 0 bridgehead atoms. The lowest BCUT2D eigenvalue weighted by Crippen LogP contribution is -2.18. The van der Waals surface area contributed by atoms with Crippen molar-refractivity contribution in [2.45, 2.75) is 39.3 Å². The van der Waals surface area contributed by atoms with Gasteiger partial charge in [0.2, 0.25) is 0 Å². The van der Waals surface area contributed by atoms with Crippen LogP contribution in [0.5, 0.6) is 0 Å². The smallest absolute Gasteiger partial charge is 0.0625 e. The Morgan fingerprint density at radius 3 is 2.70 bits per heavy atom. The molecule has 2 rings (SSSR count). The van der Waals surface area contributed by atoms with Crippen LogP contribution in [0.4, 0.5) is 0 Å². The fourth-order valence-corrected chi connectivity index (χ4v) is 2.66. The number of nitrogens with zero attached hydrogens (tertiary/aromatic N) is 2. The summed E-state index contributed by atoms with van der Waals surface area (Å²) in [6, 6.07) is 7.57. The molecule has 0 fully saturated rings. The summed E-state index contributed by atoms with van der Waals surface area (Å²) in [6.07, 6.45) is 1.55. The first kappa shape index (κ1) is 15.4. The van der Waals surface area contributed by atoms with Gasteiger partial charge in [-0.1, -0.05) is 42.3 Å². The summed E-state index contributed by atoms with van der Waals surface area (Å²) in [7, 11) is 0. The second kappa shape index (κ2) is 6.61. The Morgan fingerprint density at radius 1 is 1.30 bits per heavy atom. The van der Waals surface area contributed by atoms with E-state index in [4.69, 9.17) is 28.9 Å². The molecule has 0 aliphatic rings. The molecule has 1 aromatic carbocycles. The Morgan fingerprint density at radius 2 is 2.05 bits per heavy atom. The topological polar surface area (TPSA) is 43.8 Å². The first-order valence-corrected chi connectivity index (χ1v) is 7.57. The molecule has 1 unspecified atom stereocenters. The number of nitrogens with two attached hydrogens (primary N) is 1. The Balaban J connectivity index is 2.25. The summed E-state index contributed by atoms with van der Waals surface area (Å²) in [4.78, 5) is 0. The molecule has 1 heterocycles. The second-order valence-corrected chi connectivity index (χ2v) is 5.54. The Kier molecular flexibility index (Phi) is 5.08. The molecule has 0 spiro atoms. The summed E-state index contributed by atoms with van der Waals surface area (Å²) >= 11 is 12.3. The first-order valence-electron chi connectivity index (χ1n) is 6.81. The van der Waals surface area contributed by atoms with Crippen LogP contribution in [0.25, 0.3) is 0 Å². The molecule has 108 valence electrons. The van der Waals surface area contributed by atoms with Crippen LogP contribution in [0.15, 0.2) is 24.3 Å². The summed E-state index contributed by atoms with van der Waals surface area (Å²) in [5.41, 5.74) is 9.40. The van der Waals surface area contributed by atoms with Crippen molar-refractivity contribution < 1.29 is 0 Å². The van der Waals surface area contributed by atoms with Crippen molar-refractivity contribution in [1.82, 2.24) is 9.78 Å². The van der Waals surface area contributed by atoms with Crippen LogP contribution in [0.2, 0.25) is 10.0 Å². The van der Waals surface area contributed by atoms with Crippen molar-refractivity contribution >= 4 is 23.2 Å². The van der Waals surface area contributed by atoms with E-state index in [2.05, 4.69) is 25.0 Å². The number of aryl methyl sites for hydroxylation is 2. The van der Waals surface area contributed by atoms with E-state index < -0.39 is 0 Å². The lowest BCUT2D eigenvalue weighted by atomic mass is 10.0. The van der Waals surface area contributed by atoms with Gasteiger partial charge in [0.15, 0.2) is 0 Å². The molecule has 0 saturated carbocycles. The van der Waals surface area contributed by atoms with Gasteiger partial charge < -0.3 is 5.73 Å². The molecule has 5 heteroatoms. The van der Waals surface area contributed by atoms with Gasteiger partial charge in [0.1, 0.15) is 0 Å². The van der Waals surface area contributed by atoms with Crippen molar-refractivity contribution in [3.63, 3.8) is 0 Å². The number of aromatic nitrogens is 2. The van der Waals surface area contributed by atoms with Crippen molar-refractivity contribution in [3.05, 3.63) is 51.3 Å². The van der Waals surface area contributed by atoms with Gasteiger partial charge in [0.05, 0.1) is 27.5 Å². The van der Waals surface area contributed by atoms with Gasteiger partial charge >= 0.3 is 0 Å². The van der Waals surface area contributed by atoms with Crippen molar-refractivity contribution in [2.75, 3.05) is 0 Å². The summed E-state index contributed by atoms with van der Waals surface area (Å²) in [6.45, 7) is 4.97. The minimum absolute atomic E-state index is 0.140. The van der Waals surface area contributed by atoms with E-state index in [0.29, 0.717) is 16.5 Å². The van der Waals surface area contributed by atoms with Gasteiger partial charge in [0.25, 0.3) is 0 Å². The Hall–Kier alpha value is -1.03. The van der Waals surface area contributed by atoms with Crippen molar-refractivity contribution in [1.29, 1.82) is 0 Å². The van der Waals surface area contributed by atoms with Gasteiger partial charge in [-0.3, -0.25) is 4.68 Å². The van der Waals surface area contributed by atoms with Crippen LogP contribution in [0, 0.1) is 0 Å². The quantitative estimate of drug-likeness (QED) is 0.906. The van der Waals surface area contributed by atoms with Crippen LogP contribution >= 0.6 is 23.2 Å².